The first kappa shape index (κ1) is 14.0. The van der Waals surface area contributed by atoms with Crippen molar-refractivity contribution >= 4 is 11.6 Å². The largest absolute Gasteiger partial charge is 0.305 e. The molecular formula is C15H18ClN3. The molecule has 1 unspecified atom stereocenters. The maximum Gasteiger partial charge on any atom is 0.0768 e. The highest BCUT2D eigenvalue weighted by Crippen LogP contribution is 2.23. The lowest BCUT2D eigenvalue weighted by atomic mass is 10.0. The highest BCUT2D eigenvalue weighted by molar-refractivity contribution is 6.30. The molecule has 0 bridgehead atoms. The fourth-order valence-corrected chi connectivity index (χ4v) is 2.11. The van der Waals surface area contributed by atoms with Gasteiger partial charge in [-0.1, -0.05) is 18.5 Å². The van der Waals surface area contributed by atoms with Gasteiger partial charge in [0.1, 0.15) is 0 Å². The molecule has 2 rings (SSSR count). The van der Waals surface area contributed by atoms with Gasteiger partial charge in [-0.05, 0) is 49.2 Å². The zero-order valence-electron chi connectivity index (χ0n) is 11.2. The Balaban J connectivity index is 2.35. The molecule has 1 N–H and O–H groups in total. The molecule has 0 fully saturated rings. The predicted octanol–water partition coefficient (Wildman–Crippen LogP) is 3.53. The summed E-state index contributed by atoms with van der Waals surface area (Å²) in [5.74, 6) is 0. The minimum Gasteiger partial charge on any atom is -0.305 e. The smallest absolute Gasteiger partial charge is 0.0768 e. The summed E-state index contributed by atoms with van der Waals surface area (Å²) in [5, 5.41) is 4.17. The van der Waals surface area contributed by atoms with Crippen molar-refractivity contribution in [1.29, 1.82) is 0 Å². The third-order valence-electron chi connectivity index (χ3n) is 3.04. The summed E-state index contributed by atoms with van der Waals surface area (Å²) in [4.78, 5) is 8.65. The van der Waals surface area contributed by atoms with E-state index in [2.05, 4.69) is 29.1 Å². The van der Waals surface area contributed by atoms with E-state index in [-0.39, 0.29) is 6.04 Å². The normalized spacial score (nSPS) is 12.4. The first-order valence-corrected chi connectivity index (χ1v) is 6.85. The lowest BCUT2D eigenvalue weighted by molar-refractivity contribution is 0.582. The quantitative estimate of drug-likeness (QED) is 0.907. The van der Waals surface area contributed by atoms with Gasteiger partial charge in [0.25, 0.3) is 0 Å². The molecule has 0 amide bonds. The monoisotopic (exact) mass is 275 g/mol. The van der Waals surface area contributed by atoms with Crippen LogP contribution in [0, 0.1) is 6.92 Å². The number of aryl methyl sites for hydroxylation is 1. The van der Waals surface area contributed by atoms with Crippen molar-refractivity contribution in [2.75, 3.05) is 6.54 Å². The third kappa shape index (κ3) is 3.52. The van der Waals surface area contributed by atoms with Crippen LogP contribution >= 0.6 is 11.6 Å². The summed E-state index contributed by atoms with van der Waals surface area (Å²) in [5.41, 5.74) is 3.33. The summed E-state index contributed by atoms with van der Waals surface area (Å²) in [7, 11) is 0. The van der Waals surface area contributed by atoms with Crippen LogP contribution in [0.3, 0.4) is 0 Å². The van der Waals surface area contributed by atoms with E-state index in [0.717, 1.165) is 24.2 Å². The molecule has 100 valence electrons. The van der Waals surface area contributed by atoms with Crippen molar-refractivity contribution in [3.8, 4) is 0 Å². The van der Waals surface area contributed by atoms with Crippen LogP contribution in [-0.2, 0) is 0 Å². The molecule has 1 atom stereocenters. The van der Waals surface area contributed by atoms with Gasteiger partial charge in [0, 0.05) is 18.6 Å². The predicted molar refractivity (Wildman–Crippen MR) is 78.4 cm³/mol. The van der Waals surface area contributed by atoms with E-state index >= 15 is 0 Å². The van der Waals surface area contributed by atoms with E-state index in [1.807, 2.05) is 30.6 Å². The molecular weight excluding hydrogens is 258 g/mol. The molecule has 0 aliphatic heterocycles. The lowest BCUT2D eigenvalue weighted by Crippen LogP contribution is -2.24. The summed E-state index contributed by atoms with van der Waals surface area (Å²) in [6.45, 7) is 5.17. The molecule has 2 aromatic heterocycles. The standard InChI is InChI=1S/C15H18ClN3/c1-3-7-18-15(13-10-17-8-6-11(13)2)14-5-4-12(16)9-19-14/h4-6,8-10,15,18H,3,7H2,1-2H3. The van der Waals surface area contributed by atoms with Crippen molar-refractivity contribution in [3.63, 3.8) is 0 Å². The molecule has 0 aliphatic carbocycles. The van der Waals surface area contributed by atoms with Gasteiger partial charge in [0.05, 0.1) is 16.8 Å². The Bertz CT molecular complexity index is 525. The number of nitrogens with zero attached hydrogens (tertiary/aromatic N) is 2. The van der Waals surface area contributed by atoms with Crippen LogP contribution in [0.15, 0.2) is 36.8 Å². The molecule has 0 radical (unpaired) electrons. The van der Waals surface area contributed by atoms with Crippen LogP contribution in [0.1, 0.15) is 36.2 Å². The average Bonchev–Trinajstić information content (AvgIpc) is 2.43. The molecule has 3 nitrogen and oxygen atoms in total. The van der Waals surface area contributed by atoms with Crippen LogP contribution in [0.4, 0.5) is 0 Å². The number of hydrogen-bond acceptors (Lipinski definition) is 3. The van der Waals surface area contributed by atoms with Crippen LogP contribution in [0.25, 0.3) is 0 Å². The van der Waals surface area contributed by atoms with E-state index in [1.165, 1.54) is 5.56 Å². The maximum absolute atomic E-state index is 5.90. The van der Waals surface area contributed by atoms with Crippen LogP contribution in [-0.4, -0.2) is 16.5 Å². The Hall–Kier alpha value is -1.45. The second-order valence-electron chi connectivity index (χ2n) is 4.52. The fraction of sp³-hybridized carbons (Fsp3) is 0.333. The maximum atomic E-state index is 5.90. The van der Waals surface area contributed by atoms with Crippen molar-refractivity contribution < 1.29 is 0 Å². The summed E-state index contributed by atoms with van der Waals surface area (Å²) < 4.78 is 0. The Morgan fingerprint density at radius 1 is 1.26 bits per heavy atom. The Labute approximate surface area is 119 Å². The highest BCUT2D eigenvalue weighted by atomic mass is 35.5. The summed E-state index contributed by atoms with van der Waals surface area (Å²) in [6.07, 6.45) is 6.47. The summed E-state index contributed by atoms with van der Waals surface area (Å²) >= 11 is 5.90. The van der Waals surface area contributed by atoms with Gasteiger partial charge in [0.2, 0.25) is 0 Å². The third-order valence-corrected chi connectivity index (χ3v) is 3.26. The zero-order valence-corrected chi connectivity index (χ0v) is 12.0. The molecule has 0 saturated heterocycles. The van der Waals surface area contributed by atoms with E-state index in [1.54, 1.807) is 6.20 Å². The number of rotatable bonds is 5. The van der Waals surface area contributed by atoms with E-state index in [4.69, 9.17) is 11.6 Å². The number of nitrogens with one attached hydrogen (secondary N) is 1. The van der Waals surface area contributed by atoms with E-state index in [0.29, 0.717) is 5.02 Å². The van der Waals surface area contributed by atoms with Gasteiger partial charge in [0.15, 0.2) is 0 Å². The number of pyridine rings is 2. The van der Waals surface area contributed by atoms with Gasteiger partial charge in [-0.2, -0.15) is 0 Å². The number of halogens is 1. The molecule has 0 saturated carbocycles. The Kier molecular flexibility index (Phi) is 4.88. The Morgan fingerprint density at radius 3 is 2.74 bits per heavy atom. The minimum absolute atomic E-state index is 0.0610. The Morgan fingerprint density at radius 2 is 2.11 bits per heavy atom. The topological polar surface area (TPSA) is 37.8 Å². The fourth-order valence-electron chi connectivity index (χ4n) is 2.00. The highest BCUT2D eigenvalue weighted by Gasteiger charge is 2.16. The molecule has 2 heterocycles. The van der Waals surface area contributed by atoms with Crippen LogP contribution in [0.5, 0.6) is 0 Å². The molecule has 19 heavy (non-hydrogen) atoms. The minimum atomic E-state index is 0.0610. The van der Waals surface area contributed by atoms with Gasteiger partial charge < -0.3 is 5.32 Å². The van der Waals surface area contributed by atoms with Crippen molar-refractivity contribution in [2.45, 2.75) is 26.3 Å². The van der Waals surface area contributed by atoms with Crippen LogP contribution in [0.2, 0.25) is 5.02 Å². The molecule has 0 aliphatic rings. The summed E-state index contributed by atoms with van der Waals surface area (Å²) in [6, 6.07) is 5.91. The van der Waals surface area contributed by atoms with Crippen molar-refractivity contribution in [1.82, 2.24) is 15.3 Å². The second-order valence-corrected chi connectivity index (χ2v) is 4.96. The molecule has 0 aromatic carbocycles. The number of aromatic nitrogens is 2. The van der Waals surface area contributed by atoms with Gasteiger partial charge in [-0.15, -0.1) is 0 Å². The van der Waals surface area contributed by atoms with Crippen molar-refractivity contribution in [2.24, 2.45) is 0 Å². The molecule has 4 heteroatoms. The zero-order chi connectivity index (χ0) is 13.7. The van der Waals surface area contributed by atoms with E-state index in [9.17, 15) is 0 Å². The SMILES string of the molecule is CCCNC(c1ccc(Cl)cn1)c1cnccc1C. The molecule has 0 spiro atoms. The second kappa shape index (κ2) is 6.64. The average molecular weight is 276 g/mol. The molecule has 2 aromatic rings. The van der Waals surface area contributed by atoms with Gasteiger partial charge in [-0.3, -0.25) is 9.97 Å². The first-order valence-electron chi connectivity index (χ1n) is 6.47. The first-order chi connectivity index (χ1) is 9.22. The van der Waals surface area contributed by atoms with Gasteiger partial charge >= 0.3 is 0 Å². The lowest BCUT2D eigenvalue weighted by Gasteiger charge is -2.20. The van der Waals surface area contributed by atoms with E-state index < -0.39 is 0 Å². The van der Waals surface area contributed by atoms with Crippen molar-refractivity contribution in [3.05, 3.63) is 58.6 Å². The van der Waals surface area contributed by atoms with Gasteiger partial charge in [-0.25, -0.2) is 0 Å². The van der Waals surface area contributed by atoms with Crippen LogP contribution < -0.4 is 5.32 Å². The number of hydrogen-bond donors (Lipinski definition) is 1.